The quantitative estimate of drug-likeness (QED) is 0.673. The zero-order valence-electron chi connectivity index (χ0n) is 15.2. The maximum Gasteiger partial charge on any atom is 0.394 e. The summed E-state index contributed by atoms with van der Waals surface area (Å²) in [4.78, 5) is 13.8. The maximum atomic E-state index is 13.1. The number of carbonyl (C=O) groups is 1. The lowest BCUT2D eigenvalue weighted by Gasteiger charge is -2.68. The Morgan fingerprint density at radius 3 is 2.50 bits per heavy atom. The minimum absolute atomic E-state index is 0.103. The van der Waals surface area contributed by atoms with Crippen molar-refractivity contribution in [2.75, 3.05) is 5.32 Å². The summed E-state index contributed by atoms with van der Waals surface area (Å²) >= 11 is 7.55. The summed E-state index contributed by atoms with van der Waals surface area (Å²) in [6, 6.07) is 3.77. The number of nitrogens with one attached hydrogen (secondary N) is 1. The van der Waals surface area contributed by atoms with Crippen LogP contribution < -0.4 is 5.32 Å². The molecule has 0 aliphatic heterocycles. The number of amides is 1. The highest BCUT2D eigenvalue weighted by Crippen LogP contribution is 2.78. The van der Waals surface area contributed by atoms with Crippen molar-refractivity contribution in [3.05, 3.63) is 22.0 Å². The Balaban J connectivity index is 1.43. The first kappa shape index (κ1) is 18.5. The molecule has 2 aromatic heterocycles. The summed E-state index contributed by atoms with van der Waals surface area (Å²) in [6.07, 6.45) is -1.37. The average molecular weight is 430 g/mol. The zero-order chi connectivity index (χ0) is 19.9. The van der Waals surface area contributed by atoms with E-state index in [2.05, 4.69) is 10.4 Å². The second-order valence-corrected chi connectivity index (χ2v) is 10.2. The first-order chi connectivity index (χ1) is 13.1. The van der Waals surface area contributed by atoms with E-state index in [-0.39, 0.29) is 25.2 Å². The van der Waals surface area contributed by atoms with Gasteiger partial charge in [0.05, 0.1) is 25.7 Å². The summed E-state index contributed by atoms with van der Waals surface area (Å²) in [7, 11) is 1.82. The Morgan fingerprint density at radius 2 is 2.00 bits per heavy atom. The van der Waals surface area contributed by atoms with E-state index in [4.69, 9.17) is 11.6 Å². The highest BCUT2D eigenvalue weighted by Gasteiger charge is 2.81. The summed E-state index contributed by atoms with van der Waals surface area (Å²) in [5.41, 5.74) is -0.598. The molecule has 2 bridgehead atoms. The number of nitrogens with zero attached hydrogens (tertiary/aromatic N) is 2. The number of halogens is 4. The van der Waals surface area contributed by atoms with Crippen LogP contribution in [0.5, 0.6) is 0 Å². The van der Waals surface area contributed by atoms with Crippen LogP contribution in [-0.4, -0.2) is 21.9 Å². The molecule has 9 heteroatoms. The number of alkyl halides is 3. The molecule has 4 nitrogen and oxygen atoms in total. The van der Waals surface area contributed by atoms with Crippen molar-refractivity contribution in [1.82, 2.24) is 9.78 Å². The van der Waals surface area contributed by atoms with Gasteiger partial charge >= 0.3 is 6.18 Å². The molecule has 1 amide bonds. The molecule has 0 atom stereocenters. The normalized spacial score (nSPS) is 29.0. The van der Waals surface area contributed by atoms with E-state index in [0.717, 1.165) is 35.4 Å². The van der Waals surface area contributed by atoms with Gasteiger partial charge in [-0.15, -0.1) is 11.3 Å². The molecular weight excluding hydrogens is 411 g/mol. The lowest BCUT2D eigenvalue weighted by atomic mass is 9.34. The standard InChI is InChI=1S/C19H19ClF3N3OS/c1-26-14(11-5-6-12(20)28-11)13(10-3-2-4-10)15(25-26)24-16(27)17-7-18(8-17,9-17)19(21,22)23/h5-6,10H,2-4,7-9H2,1H3,(H,24,25,27). The van der Waals surface area contributed by atoms with Crippen LogP contribution in [0, 0.1) is 10.8 Å². The van der Waals surface area contributed by atoms with Gasteiger partial charge in [-0.3, -0.25) is 9.48 Å². The molecular formula is C19H19ClF3N3OS. The predicted molar refractivity (Wildman–Crippen MR) is 102 cm³/mol. The van der Waals surface area contributed by atoms with Gasteiger partial charge in [0.2, 0.25) is 5.91 Å². The van der Waals surface area contributed by atoms with E-state index < -0.39 is 17.0 Å². The number of thiophene rings is 1. The van der Waals surface area contributed by atoms with Gasteiger partial charge in [0.1, 0.15) is 0 Å². The average Bonchev–Trinajstić information content (AvgIpc) is 2.97. The van der Waals surface area contributed by atoms with Crippen LogP contribution in [0.25, 0.3) is 10.6 Å². The summed E-state index contributed by atoms with van der Waals surface area (Å²) in [5, 5.41) is 7.40. The molecule has 0 aromatic carbocycles. The SMILES string of the molecule is Cn1nc(NC(=O)C23CC(C(F)(F)F)(C2)C3)c(C2CCC2)c1-c1ccc(Cl)s1. The van der Waals surface area contributed by atoms with Crippen molar-refractivity contribution in [3.63, 3.8) is 0 Å². The van der Waals surface area contributed by atoms with Crippen LogP contribution in [0.15, 0.2) is 12.1 Å². The lowest BCUT2D eigenvalue weighted by Crippen LogP contribution is -2.71. The fraction of sp³-hybridized carbons (Fsp3) is 0.579. The summed E-state index contributed by atoms with van der Waals surface area (Å²) in [6.45, 7) is 0. The molecule has 4 aliphatic rings. The third-order valence-electron chi connectivity index (χ3n) is 6.75. The van der Waals surface area contributed by atoms with Gasteiger partial charge in [-0.05, 0) is 50.2 Å². The van der Waals surface area contributed by atoms with Crippen molar-refractivity contribution in [3.8, 4) is 10.6 Å². The second kappa shape index (κ2) is 5.75. The fourth-order valence-corrected chi connectivity index (χ4v) is 6.15. The van der Waals surface area contributed by atoms with Crippen molar-refractivity contribution >= 4 is 34.7 Å². The van der Waals surface area contributed by atoms with Gasteiger partial charge in [0.15, 0.2) is 5.82 Å². The smallest absolute Gasteiger partial charge is 0.308 e. The van der Waals surface area contributed by atoms with Crippen molar-refractivity contribution in [2.24, 2.45) is 17.9 Å². The number of aromatic nitrogens is 2. The van der Waals surface area contributed by atoms with Gasteiger partial charge in [0.25, 0.3) is 0 Å². The molecule has 0 spiro atoms. The van der Waals surface area contributed by atoms with Gasteiger partial charge in [0, 0.05) is 12.6 Å². The Morgan fingerprint density at radius 1 is 1.32 bits per heavy atom. The van der Waals surface area contributed by atoms with E-state index in [9.17, 15) is 18.0 Å². The largest absolute Gasteiger partial charge is 0.394 e. The second-order valence-electron chi connectivity index (χ2n) is 8.51. The predicted octanol–water partition coefficient (Wildman–Crippen LogP) is 5.74. The lowest BCUT2D eigenvalue weighted by molar-refractivity contribution is -0.349. The van der Waals surface area contributed by atoms with Crippen LogP contribution in [0.4, 0.5) is 19.0 Å². The molecule has 2 heterocycles. The van der Waals surface area contributed by atoms with Crippen LogP contribution in [-0.2, 0) is 11.8 Å². The topological polar surface area (TPSA) is 46.9 Å². The Hall–Kier alpha value is -1.54. The molecule has 150 valence electrons. The van der Waals surface area contributed by atoms with E-state index >= 15 is 0 Å². The number of anilines is 1. The van der Waals surface area contributed by atoms with Crippen LogP contribution in [0.2, 0.25) is 4.34 Å². The number of hydrogen-bond donors (Lipinski definition) is 1. The summed E-state index contributed by atoms with van der Waals surface area (Å²) < 4.78 is 41.7. The Labute approximate surface area is 169 Å². The van der Waals surface area contributed by atoms with Gasteiger partial charge in [-0.2, -0.15) is 18.3 Å². The first-order valence-electron chi connectivity index (χ1n) is 9.35. The number of hydrogen-bond acceptors (Lipinski definition) is 3. The van der Waals surface area contributed by atoms with Crippen LogP contribution >= 0.6 is 22.9 Å². The van der Waals surface area contributed by atoms with Crippen molar-refractivity contribution in [1.29, 1.82) is 0 Å². The third-order valence-corrected chi connectivity index (χ3v) is 7.99. The van der Waals surface area contributed by atoms with E-state index in [0.29, 0.717) is 16.1 Å². The minimum Gasteiger partial charge on any atom is -0.308 e. The van der Waals surface area contributed by atoms with E-state index in [1.165, 1.54) is 11.3 Å². The first-order valence-corrected chi connectivity index (χ1v) is 10.5. The van der Waals surface area contributed by atoms with Crippen LogP contribution in [0.1, 0.15) is 50.0 Å². The molecule has 0 radical (unpaired) electrons. The molecule has 0 saturated heterocycles. The summed E-state index contributed by atoms with van der Waals surface area (Å²) in [5.74, 6) is 0.463. The maximum absolute atomic E-state index is 13.1. The Bertz CT molecular complexity index is 956. The van der Waals surface area contributed by atoms with Gasteiger partial charge < -0.3 is 5.32 Å². The molecule has 28 heavy (non-hydrogen) atoms. The van der Waals surface area contributed by atoms with Crippen molar-refractivity contribution < 1.29 is 18.0 Å². The highest BCUT2D eigenvalue weighted by molar-refractivity contribution is 7.19. The van der Waals surface area contributed by atoms with Gasteiger partial charge in [-0.25, -0.2) is 0 Å². The fourth-order valence-electron chi connectivity index (χ4n) is 5.02. The molecule has 2 aromatic rings. The van der Waals surface area contributed by atoms with Crippen molar-refractivity contribution in [2.45, 2.75) is 50.6 Å². The van der Waals surface area contributed by atoms with Crippen LogP contribution in [0.3, 0.4) is 0 Å². The molecule has 1 N–H and O–H groups in total. The molecule has 4 fully saturated rings. The highest BCUT2D eigenvalue weighted by atomic mass is 35.5. The third kappa shape index (κ3) is 2.43. The monoisotopic (exact) mass is 429 g/mol. The van der Waals surface area contributed by atoms with E-state index in [1.807, 2.05) is 19.2 Å². The molecule has 0 unspecified atom stereocenters. The van der Waals surface area contributed by atoms with E-state index in [1.54, 1.807) is 4.68 Å². The number of aryl methyl sites for hydroxylation is 1. The molecule has 4 aliphatic carbocycles. The van der Waals surface area contributed by atoms with Gasteiger partial charge in [-0.1, -0.05) is 18.0 Å². The number of rotatable bonds is 4. The number of carbonyl (C=O) groups excluding carboxylic acids is 1. The minimum atomic E-state index is -4.22. The molecule has 4 saturated carbocycles. The molecule has 6 rings (SSSR count). The zero-order valence-corrected chi connectivity index (χ0v) is 16.8. The Kier molecular flexibility index (Phi) is 3.80.